The van der Waals surface area contributed by atoms with Crippen LogP contribution in [-0.4, -0.2) is 49.7 Å². The van der Waals surface area contributed by atoms with Crippen molar-refractivity contribution >= 4 is 0 Å². The van der Waals surface area contributed by atoms with E-state index in [4.69, 9.17) is 24.4 Å². The molecule has 1 aliphatic rings. The summed E-state index contributed by atoms with van der Waals surface area (Å²) in [6.07, 6.45) is 0.897. The molecular weight excluding hydrogens is 188 g/mol. The van der Waals surface area contributed by atoms with Crippen molar-refractivity contribution in [1.29, 1.82) is 0 Å². The maximum Gasteiger partial charge on any atom is 0.271 e. The van der Waals surface area contributed by atoms with Gasteiger partial charge in [-0.1, -0.05) is 6.92 Å². The molecule has 0 amide bonds. The third kappa shape index (κ3) is 2.90. The van der Waals surface area contributed by atoms with Crippen LogP contribution in [0.3, 0.4) is 0 Å². The van der Waals surface area contributed by atoms with Crippen molar-refractivity contribution in [3.63, 3.8) is 0 Å². The summed E-state index contributed by atoms with van der Waals surface area (Å²) in [5.41, 5.74) is -0.675. The predicted molar refractivity (Wildman–Crippen MR) is 48.5 cm³/mol. The molecule has 1 fully saturated rings. The highest BCUT2D eigenvalue weighted by molar-refractivity contribution is 4.79. The Labute approximate surface area is 83.6 Å². The van der Waals surface area contributed by atoms with Gasteiger partial charge in [0.05, 0.1) is 38.4 Å². The number of hydrogen-bond acceptors (Lipinski definition) is 5. The number of ether oxygens (including phenoxy) is 3. The van der Waals surface area contributed by atoms with Gasteiger partial charge < -0.3 is 24.4 Å². The predicted octanol–water partition coefficient (Wildman–Crippen LogP) is -0.286. The first-order valence-corrected chi connectivity index (χ1v) is 4.83. The lowest BCUT2D eigenvalue weighted by Gasteiger charge is -2.36. The summed E-state index contributed by atoms with van der Waals surface area (Å²) in [5.74, 6) is 0. The van der Waals surface area contributed by atoms with Crippen LogP contribution < -0.4 is 0 Å². The van der Waals surface area contributed by atoms with Gasteiger partial charge >= 0.3 is 0 Å². The maximum absolute atomic E-state index is 9.04. The Morgan fingerprint density at radius 2 is 1.86 bits per heavy atom. The quantitative estimate of drug-likeness (QED) is 0.647. The molecule has 1 saturated heterocycles. The molecule has 84 valence electrons. The van der Waals surface area contributed by atoms with Gasteiger partial charge in [0.25, 0.3) is 6.48 Å². The zero-order valence-corrected chi connectivity index (χ0v) is 8.44. The van der Waals surface area contributed by atoms with E-state index in [2.05, 4.69) is 0 Å². The summed E-state index contributed by atoms with van der Waals surface area (Å²) in [5, 5.41) is 18.1. The van der Waals surface area contributed by atoms with Gasteiger partial charge in [-0.05, 0) is 6.42 Å². The molecule has 5 heteroatoms. The minimum atomic E-state index is -0.675. The second-order valence-corrected chi connectivity index (χ2v) is 3.60. The molecule has 1 heterocycles. The highest BCUT2D eigenvalue weighted by atomic mass is 16.8. The molecule has 0 aliphatic carbocycles. The van der Waals surface area contributed by atoms with E-state index < -0.39 is 11.9 Å². The van der Waals surface area contributed by atoms with Crippen LogP contribution in [0.25, 0.3) is 0 Å². The van der Waals surface area contributed by atoms with Crippen molar-refractivity contribution in [3.8, 4) is 0 Å². The van der Waals surface area contributed by atoms with E-state index in [9.17, 15) is 0 Å². The summed E-state index contributed by atoms with van der Waals surface area (Å²) < 4.78 is 15.6. The molecule has 0 atom stereocenters. The lowest BCUT2D eigenvalue weighted by Crippen LogP contribution is -2.47. The zero-order chi connectivity index (χ0) is 10.4. The van der Waals surface area contributed by atoms with E-state index in [1.807, 2.05) is 6.92 Å². The van der Waals surface area contributed by atoms with Crippen molar-refractivity contribution in [2.24, 2.45) is 5.41 Å². The second-order valence-electron chi connectivity index (χ2n) is 3.60. The van der Waals surface area contributed by atoms with Crippen molar-refractivity contribution in [3.05, 3.63) is 0 Å². The van der Waals surface area contributed by atoms with Gasteiger partial charge in [0, 0.05) is 0 Å². The van der Waals surface area contributed by atoms with E-state index in [0.29, 0.717) is 6.61 Å². The summed E-state index contributed by atoms with van der Waals surface area (Å²) in [4.78, 5) is 0. The Bertz CT molecular complexity index is 147. The highest BCUT2D eigenvalue weighted by Gasteiger charge is 2.36. The van der Waals surface area contributed by atoms with Crippen LogP contribution in [0.2, 0.25) is 0 Å². The number of aliphatic hydroxyl groups is 2. The van der Waals surface area contributed by atoms with Crippen LogP contribution in [0.1, 0.15) is 13.3 Å². The third-order valence-electron chi connectivity index (χ3n) is 2.18. The smallest absolute Gasteiger partial charge is 0.271 e. The summed E-state index contributed by atoms with van der Waals surface area (Å²) in [7, 11) is 0. The van der Waals surface area contributed by atoms with Gasteiger partial charge in [0.15, 0.2) is 0 Å². The normalized spacial score (nSPS) is 22.5. The van der Waals surface area contributed by atoms with Gasteiger partial charge in [0.1, 0.15) is 0 Å². The SMILES string of the molecule is CCCOC1OCC(CO)(CO)CO1. The minimum Gasteiger partial charge on any atom is -0.396 e. The number of rotatable bonds is 5. The van der Waals surface area contributed by atoms with E-state index >= 15 is 0 Å². The molecule has 1 rings (SSSR count). The standard InChI is InChI=1S/C9H18O5/c1-2-3-12-8-13-6-9(4-10,5-11)7-14-8/h8,10-11H,2-7H2,1H3. The highest BCUT2D eigenvalue weighted by Crippen LogP contribution is 2.23. The summed E-state index contributed by atoms with van der Waals surface area (Å²) >= 11 is 0. The van der Waals surface area contributed by atoms with E-state index in [0.717, 1.165) is 6.42 Å². The van der Waals surface area contributed by atoms with Gasteiger partial charge in [0.2, 0.25) is 0 Å². The summed E-state index contributed by atoms with van der Waals surface area (Å²) in [6, 6.07) is 0. The first kappa shape index (κ1) is 11.9. The van der Waals surface area contributed by atoms with E-state index in [1.165, 1.54) is 0 Å². The Kier molecular flexibility index (Phi) is 4.77. The van der Waals surface area contributed by atoms with E-state index in [-0.39, 0.29) is 26.4 Å². The molecule has 0 aromatic carbocycles. The lowest BCUT2D eigenvalue weighted by atomic mass is 9.92. The van der Waals surface area contributed by atoms with Gasteiger partial charge in [-0.25, -0.2) is 0 Å². The molecule has 0 aromatic rings. The topological polar surface area (TPSA) is 68.2 Å². The first-order chi connectivity index (χ1) is 6.76. The van der Waals surface area contributed by atoms with Crippen molar-refractivity contribution in [1.82, 2.24) is 0 Å². The molecular formula is C9H18O5. The van der Waals surface area contributed by atoms with Crippen LogP contribution in [0, 0.1) is 5.41 Å². The Morgan fingerprint density at radius 3 is 2.29 bits per heavy atom. The molecule has 5 nitrogen and oxygen atoms in total. The minimum absolute atomic E-state index is 0.149. The molecule has 0 spiro atoms. The van der Waals surface area contributed by atoms with Gasteiger partial charge in [-0.3, -0.25) is 0 Å². The largest absolute Gasteiger partial charge is 0.396 e. The van der Waals surface area contributed by atoms with Crippen molar-refractivity contribution in [2.75, 3.05) is 33.0 Å². The maximum atomic E-state index is 9.04. The fourth-order valence-corrected chi connectivity index (χ4v) is 1.12. The van der Waals surface area contributed by atoms with Crippen LogP contribution >= 0.6 is 0 Å². The van der Waals surface area contributed by atoms with E-state index in [1.54, 1.807) is 0 Å². The Morgan fingerprint density at radius 1 is 1.29 bits per heavy atom. The fourth-order valence-electron chi connectivity index (χ4n) is 1.12. The lowest BCUT2D eigenvalue weighted by molar-refractivity contribution is -0.343. The average molecular weight is 206 g/mol. The van der Waals surface area contributed by atoms with Crippen LogP contribution in [0.4, 0.5) is 0 Å². The summed E-state index contributed by atoms with van der Waals surface area (Å²) in [6.45, 7) is 2.14. The van der Waals surface area contributed by atoms with Crippen LogP contribution in [0.15, 0.2) is 0 Å². The van der Waals surface area contributed by atoms with Gasteiger partial charge in [-0.2, -0.15) is 0 Å². The molecule has 0 aromatic heterocycles. The zero-order valence-electron chi connectivity index (χ0n) is 8.44. The van der Waals surface area contributed by atoms with Crippen LogP contribution in [-0.2, 0) is 14.2 Å². The second kappa shape index (κ2) is 5.63. The van der Waals surface area contributed by atoms with Gasteiger partial charge in [-0.15, -0.1) is 0 Å². The van der Waals surface area contributed by atoms with Crippen molar-refractivity contribution in [2.45, 2.75) is 19.8 Å². The third-order valence-corrected chi connectivity index (χ3v) is 2.18. The molecule has 0 bridgehead atoms. The average Bonchev–Trinajstić information content (AvgIpc) is 2.27. The number of aliphatic hydroxyl groups excluding tert-OH is 2. The Hall–Kier alpha value is -0.200. The molecule has 2 N–H and O–H groups in total. The molecule has 14 heavy (non-hydrogen) atoms. The van der Waals surface area contributed by atoms with Crippen molar-refractivity contribution < 1.29 is 24.4 Å². The molecule has 0 radical (unpaired) electrons. The molecule has 0 saturated carbocycles. The molecule has 0 unspecified atom stereocenters. The molecule has 1 aliphatic heterocycles. The first-order valence-electron chi connectivity index (χ1n) is 4.83. The monoisotopic (exact) mass is 206 g/mol. The number of hydrogen-bond donors (Lipinski definition) is 2. The fraction of sp³-hybridized carbons (Fsp3) is 1.00. The van der Waals surface area contributed by atoms with Crippen LogP contribution in [0.5, 0.6) is 0 Å². The Balaban J connectivity index is 2.29.